The van der Waals surface area contributed by atoms with Gasteiger partial charge in [-0.3, -0.25) is 15.0 Å². The summed E-state index contributed by atoms with van der Waals surface area (Å²) in [6.07, 6.45) is 1.26. The van der Waals surface area contributed by atoms with Crippen molar-refractivity contribution in [3.8, 4) is 0 Å². The van der Waals surface area contributed by atoms with Crippen LogP contribution in [0.5, 0.6) is 0 Å². The molecule has 4 N–H and O–H groups in total. The Balaban J connectivity index is 1.83. The number of amides is 1. The Kier molecular flexibility index (Phi) is 9.40. The largest absolute Gasteiger partial charge is 0.437 e. The number of sulfonamides is 2. The van der Waals surface area contributed by atoms with Gasteiger partial charge in [-0.15, -0.1) is 4.83 Å². The second kappa shape index (κ2) is 11.9. The zero-order valence-corrected chi connectivity index (χ0v) is 23.9. The predicted molar refractivity (Wildman–Crippen MR) is 143 cm³/mol. The first-order chi connectivity index (χ1) is 18.1. The zero-order valence-electron chi connectivity index (χ0n) is 20.7. The maximum Gasteiger partial charge on any atom is 0.437 e. The SMILES string of the molecule is CCCN(CCC)S(=O)(=O)c1ccc(C(=O)NNS(=O)(=O)c2cc3c[c]c(=O)n(P(=O)(O)O)c3cc2Cl)cc1. The van der Waals surface area contributed by atoms with E-state index in [-0.39, 0.29) is 25.7 Å². The smallest absolute Gasteiger partial charge is 0.308 e. The number of hydrogen-bond acceptors (Lipinski definition) is 7. The molecule has 211 valence electrons. The topological polar surface area (TPSA) is 192 Å². The number of carbonyl (C=O) groups excluding carboxylic acids is 1. The number of carbonyl (C=O) groups is 1. The molecule has 13 nitrogen and oxygen atoms in total. The van der Waals surface area contributed by atoms with Gasteiger partial charge in [0.25, 0.3) is 21.5 Å². The highest BCUT2D eigenvalue weighted by atomic mass is 35.5. The first kappa shape index (κ1) is 30.9. The molecule has 2 aromatic carbocycles. The van der Waals surface area contributed by atoms with Crippen molar-refractivity contribution < 1.29 is 36.0 Å². The van der Waals surface area contributed by atoms with E-state index < -0.39 is 49.2 Å². The summed E-state index contributed by atoms with van der Waals surface area (Å²) in [7, 11) is -13.4. The highest BCUT2D eigenvalue weighted by Gasteiger charge is 2.26. The third-order valence-electron chi connectivity index (χ3n) is 5.40. The maximum atomic E-state index is 12.9. The average molecular weight is 620 g/mol. The highest BCUT2D eigenvalue weighted by molar-refractivity contribution is 7.89. The zero-order chi connectivity index (χ0) is 29.2. The van der Waals surface area contributed by atoms with E-state index >= 15 is 0 Å². The minimum atomic E-state index is -5.11. The van der Waals surface area contributed by atoms with E-state index in [1.807, 2.05) is 24.1 Å². The number of fused-ring (bicyclic) bond motifs is 1. The van der Waals surface area contributed by atoms with Crippen LogP contribution in [0.15, 0.2) is 57.1 Å². The van der Waals surface area contributed by atoms with Gasteiger partial charge in [-0.2, -0.15) is 4.31 Å². The molecule has 0 aliphatic rings. The summed E-state index contributed by atoms with van der Waals surface area (Å²) in [5.41, 5.74) is 0.483. The molecule has 0 fully saturated rings. The number of nitrogens with one attached hydrogen (secondary N) is 2. The fourth-order valence-corrected chi connectivity index (χ4v) is 7.42. The third kappa shape index (κ3) is 6.76. The Hall–Kier alpha value is -2.62. The fraction of sp³-hybridized carbons (Fsp3) is 0.273. The van der Waals surface area contributed by atoms with E-state index in [0.717, 1.165) is 18.2 Å². The minimum absolute atomic E-state index is 0.0185. The Morgan fingerprint density at radius 1 is 1.08 bits per heavy atom. The van der Waals surface area contributed by atoms with Crippen LogP contribution in [-0.2, 0) is 24.6 Å². The second-order valence-electron chi connectivity index (χ2n) is 8.25. The van der Waals surface area contributed by atoms with E-state index in [0.29, 0.717) is 25.9 Å². The van der Waals surface area contributed by atoms with Crippen LogP contribution >= 0.6 is 19.3 Å². The molecule has 0 spiro atoms. The van der Waals surface area contributed by atoms with Gasteiger partial charge in [0.05, 0.1) is 21.5 Å². The van der Waals surface area contributed by atoms with Crippen LogP contribution in [0.1, 0.15) is 37.0 Å². The van der Waals surface area contributed by atoms with Gasteiger partial charge in [-0.25, -0.2) is 25.7 Å². The number of rotatable bonds is 11. The minimum Gasteiger partial charge on any atom is -0.308 e. The standard InChI is InChI=1S/C22H25ClN4O9PS2/c1-3-11-26(12-4-2)39(35,36)17-8-5-15(6-9-17)22(29)24-25-38(33,34)20-13-16-7-10-21(28)27(37(30,31)32)19(16)14-18(20)23/h5-9,13-14,25H,3-4,11-12H2,1-2H3,(H,24,29)(H2,30,31,32). The van der Waals surface area contributed by atoms with Crippen molar-refractivity contribution in [2.24, 2.45) is 0 Å². The molecule has 17 heteroatoms. The summed E-state index contributed by atoms with van der Waals surface area (Å²) >= 11 is 6.05. The molecule has 1 amide bonds. The van der Waals surface area contributed by atoms with Gasteiger partial charge in [0.15, 0.2) is 0 Å². The number of halogens is 1. The molecule has 0 bridgehead atoms. The summed E-state index contributed by atoms with van der Waals surface area (Å²) in [5.74, 6) is -0.901. The second-order valence-corrected chi connectivity index (χ2v) is 13.7. The normalized spacial score (nSPS) is 12.7. The van der Waals surface area contributed by atoms with Gasteiger partial charge in [-0.05, 0) is 55.3 Å². The number of hydrogen-bond donors (Lipinski definition) is 4. The molecule has 0 saturated carbocycles. The predicted octanol–water partition coefficient (Wildman–Crippen LogP) is 1.83. The van der Waals surface area contributed by atoms with Gasteiger partial charge in [0.1, 0.15) is 4.90 Å². The molecule has 0 unspecified atom stereocenters. The van der Waals surface area contributed by atoms with Crippen molar-refractivity contribution in [2.75, 3.05) is 13.1 Å². The van der Waals surface area contributed by atoms with Crippen LogP contribution in [0.2, 0.25) is 5.02 Å². The molecule has 1 radical (unpaired) electrons. The van der Waals surface area contributed by atoms with E-state index in [4.69, 9.17) is 11.6 Å². The average Bonchev–Trinajstić information content (AvgIpc) is 2.86. The van der Waals surface area contributed by atoms with Gasteiger partial charge >= 0.3 is 7.75 Å². The van der Waals surface area contributed by atoms with Crippen molar-refractivity contribution in [2.45, 2.75) is 36.5 Å². The van der Waals surface area contributed by atoms with Crippen molar-refractivity contribution >= 4 is 56.2 Å². The first-order valence-corrected chi connectivity index (χ1v) is 16.3. The van der Waals surface area contributed by atoms with Gasteiger partial charge in [0.2, 0.25) is 10.0 Å². The van der Waals surface area contributed by atoms with Crippen LogP contribution in [0, 0.1) is 6.07 Å². The summed E-state index contributed by atoms with van der Waals surface area (Å²) in [5, 5.41) is -0.568. The van der Waals surface area contributed by atoms with Crippen LogP contribution in [-0.4, -0.2) is 54.3 Å². The molecule has 0 saturated heterocycles. The summed E-state index contributed by atoms with van der Waals surface area (Å²) < 4.78 is 64.6. The fourth-order valence-electron chi connectivity index (χ4n) is 3.65. The number of benzene rings is 2. The van der Waals surface area contributed by atoms with E-state index in [1.54, 1.807) is 0 Å². The van der Waals surface area contributed by atoms with Crippen molar-refractivity contribution in [1.29, 1.82) is 0 Å². The highest BCUT2D eigenvalue weighted by Crippen LogP contribution is 2.39. The van der Waals surface area contributed by atoms with E-state index in [9.17, 15) is 40.8 Å². The molecule has 3 aromatic rings. The lowest BCUT2D eigenvalue weighted by atomic mass is 10.2. The van der Waals surface area contributed by atoms with Crippen LogP contribution in [0.4, 0.5) is 0 Å². The molecule has 0 aliphatic carbocycles. The lowest BCUT2D eigenvalue weighted by Crippen LogP contribution is -2.41. The van der Waals surface area contributed by atoms with Crippen LogP contribution < -0.4 is 15.8 Å². The molecule has 1 aromatic heterocycles. The Bertz CT molecular complexity index is 1710. The quantitative estimate of drug-likeness (QED) is 0.183. The van der Waals surface area contributed by atoms with Crippen molar-refractivity contribution in [1.82, 2.24) is 18.9 Å². The Morgan fingerprint density at radius 3 is 2.21 bits per heavy atom. The molecular formula is C22H25ClN4O9PS2. The van der Waals surface area contributed by atoms with Gasteiger partial charge in [-0.1, -0.05) is 25.4 Å². The lowest BCUT2D eigenvalue weighted by Gasteiger charge is -2.21. The monoisotopic (exact) mass is 619 g/mol. The molecule has 3 rings (SSSR count). The Labute approximate surface area is 229 Å². The molecule has 1 heterocycles. The summed E-state index contributed by atoms with van der Waals surface area (Å²) in [6.45, 7) is 4.40. The Morgan fingerprint density at radius 2 is 1.67 bits per heavy atom. The van der Waals surface area contributed by atoms with Crippen LogP contribution in [0.3, 0.4) is 0 Å². The molecule has 39 heavy (non-hydrogen) atoms. The van der Waals surface area contributed by atoms with Crippen molar-refractivity contribution in [3.63, 3.8) is 0 Å². The maximum absolute atomic E-state index is 12.9. The summed E-state index contributed by atoms with van der Waals surface area (Å²) in [4.78, 5) is 44.7. The molecular weight excluding hydrogens is 595 g/mol. The number of aromatic nitrogens is 1. The van der Waals surface area contributed by atoms with Crippen LogP contribution in [0.25, 0.3) is 10.9 Å². The molecule has 0 aliphatic heterocycles. The number of hydrazine groups is 1. The van der Waals surface area contributed by atoms with E-state index in [2.05, 4.69) is 6.07 Å². The van der Waals surface area contributed by atoms with Gasteiger partial charge < -0.3 is 9.79 Å². The van der Waals surface area contributed by atoms with Gasteiger partial charge in [0, 0.05) is 24.0 Å². The summed E-state index contributed by atoms with van der Waals surface area (Å²) in [6, 6.07) is 9.92. The number of nitrogens with zero attached hydrogens (tertiary/aromatic N) is 2. The van der Waals surface area contributed by atoms with E-state index in [1.165, 1.54) is 28.6 Å². The molecule has 0 atom stereocenters. The number of pyridine rings is 1. The lowest BCUT2D eigenvalue weighted by molar-refractivity contribution is 0.0945. The first-order valence-electron chi connectivity index (χ1n) is 11.4. The van der Waals surface area contributed by atoms with Crippen molar-refractivity contribution in [3.05, 3.63) is 69.5 Å². The third-order valence-corrected chi connectivity index (χ3v) is 9.95.